The van der Waals surface area contributed by atoms with E-state index in [1.54, 1.807) is 0 Å². The van der Waals surface area contributed by atoms with Gasteiger partial charge in [-0.3, -0.25) is 9.00 Å². The van der Waals surface area contributed by atoms with Crippen molar-refractivity contribution in [3.8, 4) is 0 Å². The van der Waals surface area contributed by atoms with Gasteiger partial charge in [0.15, 0.2) is 0 Å². The summed E-state index contributed by atoms with van der Waals surface area (Å²) in [5, 5.41) is 2.89. The molecular weight excluding hydrogens is 198 g/mol. The predicted octanol–water partition coefficient (Wildman–Crippen LogP) is 0.637. The minimum absolute atomic E-state index is 0.0531. The smallest absolute Gasteiger partial charge is 0.220 e. The van der Waals surface area contributed by atoms with E-state index in [9.17, 15) is 9.00 Å². The van der Waals surface area contributed by atoms with Crippen molar-refractivity contribution >= 4 is 21.3 Å². The van der Waals surface area contributed by atoms with Gasteiger partial charge in [0.2, 0.25) is 5.91 Å². The van der Waals surface area contributed by atoms with Crippen molar-refractivity contribution in [1.82, 2.24) is 5.32 Å². The average molecular weight is 217 g/mol. The third-order valence-electron chi connectivity index (χ3n) is 2.07. The highest BCUT2D eigenvalue weighted by Gasteiger charge is 2.30. The highest BCUT2D eigenvalue weighted by Crippen LogP contribution is 2.21. The number of nitrogens with one attached hydrogen (secondary N) is 1. The molecule has 0 saturated carbocycles. The highest BCUT2D eigenvalue weighted by atomic mass is 32.2. The molecule has 0 bridgehead atoms. The van der Waals surface area contributed by atoms with E-state index in [-0.39, 0.29) is 17.4 Å². The van der Waals surface area contributed by atoms with Gasteiger partial charge in [0.1, 0.15) is 0 Å². The van der Waals surface area contributed by atoms with Gasteiger partial charge in [0, 0.05) is 23.5 Å². The van der Waals surface area contributed by atoms with Crippen LogP contribution in [0.5, 0.6) is 0 Å². The Bertz CT molecular complexity index is 313. The Morgan fingerprint density at radius 2 is 2.00 bits per heavy atom. The topological polar surface area (TPSA) is 46.2 Å². The van der Waals surface area contributed by atoms with Crippen LogP contribution in [0.15, 0.2) is 0 Å². The monoisotopic (exact) mass is 217 g/mol. The van der Waals surface area contributed by atoms with E-state index in [0.29, 0.717) is 17.9 Å². The van der Waals surface area contributed by atoms with Gasteiger partial charge in [-0.2, -0.15) is 0 Å². The zero-order chi connectivity index (χ0) is 11.0. The van der Waals surface area contributed by atoms with E-state index in [1.807, 2.05) is 20.8 Å². The molecule has 82 valence electrons. The van der Waals surface area contributed by atoms with Crippen LogP contribution in [0.1, 0.15) is 27.2 Å². The lowest BCUT2D eigenvalue weighted by Gasteiger charge is -2.30. The number of rotatable bonds is 2. The number of amides is 1. The molecule has 0 aromatic rings. The molecule has 14 heavy (non-hydrogen) atoms. The van der Waals surface area contributed by atoms with Crippen LogP contribution >= 0.6 is 0 Å². The Balaban J connectivity index is 2.30. The van der Waals surface area contributed by atoms with E-state index >= 15 is 0 Å². The molecule has 0 radical (unpaired) electrons. The maximum atomic E-state index is 11.4. The first-order valence-corrected chi connectivity index (χ1v) is 6.88. The molecule has 1 fully saturated rings. The maximum absolute atomic E-state index is 11.4. The molecule has 0 unspecified atom stereocenters. The molecule has 1 heterocycles. The summed E-state index contributed by atoms with van der Waals surface area (Å²) in [5.74, 6) is 5.17. The number of hydrogen-bond acceptors (Lipinski definition) is 2. The summed E-state index contributed by atoms with van der Waals surface area (Å²) in [6.45, 7) is 5.86. The molecule has 1 aliphatic rings. The summed E-state index contributed by atoms with van der Waals surface area (Å²) in [7, 11) is -1.80. The third-order valence-corrected chi connectivity index (χ3v) is 4.23. The van der Waals surface area contributed by atoms with Gasteiger partial charge in [-0.1, -0.05) is 0 Å². The average Bonchev–Trinajstić information content (AvgIpc) is 1.76. The molecule has 0 spiro atoms. The van der Waals surface area contributed by atoms with Crippen molar-refractivity contribution in [1.29, 1.82) is 0 Å². The van der Waals surface area contributed by atoms with Crippen LogP contribution in [-0.2, 0) is 14.3 Å². The van der Waals surface area contributed by atoms with E-state index in [4.69, 9.17) is 0 Å². The standard InChI is InChI=1S/C10H19NO2S/c1-10(2,3)11-9(12)5-8-6-14(4,13)7-8/h8H,4-7H2,1-3H3,(H,11,12). The lowest BCUT2D eigenvalue weighted by molar-refractivity contribution is -0.123. The van der Waals surface area contributed by atoms with Crippen molar-refractivity contribution in [2.45, 2.75) is 32.7 Å². The molecule has 0 atom stereocenters. The molecule has 1 aliphatic heterocycles. The SMILES string of the molecule is C=S1(=O)CC(CC(=O)NC(C)(C)C)C1. The fourth-order valence-corrected chi connectivity index (χ4v) is 3.52. The number of hydrogen-bond donors (Lipinski definition) is 1. The Hall–Kier alpha value is -0.510. The second-order valence-corrected chi connectivity index (χ2v) is 7.77. The summed E-state index contributed by atoms with van der Waals surface area (Å²) < 4.78 is 11.3. The van der Waals surface area contributed by atoms with E-state index in [0.717, 1.165) is 0 Å². The van der Waals surface area contributed by atoms with Crippen LogP contribution in [0.25, 0.3) is 0 Å². The Morgan fingerprint density at radius 3 is 2.36 bits per heavy atom. The van der Waals surface area contributed by atoms with Gasteiger partial charge in [-0.25, -0.2) is 0 Å². The maximum Gasteiger partial charge on any atom is 0.220 e. The van der Waals surface area contributed by atoms with Crippen molar-refractivity contribution in [2.75, 3.05) is 11.5 Å². The fourth-order valence-electron chi connectivity index (χ4n) is 1.66. The molecular formula is C10H19NO2S. The highest BCUT2D eigenvalue weighted by molar-refractivity contribution is 8.01. The summed E-state index contributed by atoms with van der Waals surface area (Å²) >= 11 is 0. The van der Waals surface area contributed by atoms with Gasteiger partial charge in [0.05, 0.1) is 0 Å². The minimum Gasteiger partial charge on any atom is -0.351 e. The summed E-state index contributed by atoms with van der Waals surface area (Å²) in [6.07, 6.45) is 0.490. The van der Waals surface area contributed by atoms with Crippen molar-refractivity contribution in [2.24, 2.45) is 5.92 Å². The quantitative estimate of drug-likeness (QED) is 0.690. The lowest BCUT2D eigenvalue weighted by Crippen LogP contribution is -2.45. The van der Waals surface area contributed by atoms with E-state index in [2.05, 4.69) is 11.2 Å². The lowest BCUT2D eigenvalue weighted by atomic mass is 10.1. The van der Waals surface area contributed by atoms with Gasteiger partial charge < -0.3 is 5.32 Å². The first-order valence-electron chi connectivity index (χ1n) is 4.82. The Morgan fingerprint density at radius 1 is 1.50 bits per heavy atom. The van der Waals surface area contributed by atoms with Gasteiger partial charge >= 0.3 is 0 Å². The van der Waals surface area contributed by atoms with Gasteiger partial charge in [-0.05, 0) is 42.1 Å². The molecule has 0 aromatic heterocycles. The van der Waals surface area contributed by atoms with Crippen LogP contribution in [0.2, 0.25) is 0 Å². The van der Waals surface area contributed by atoms with Crippen LogP contribution in [0, 0.1) is 5.92 Å². The second kappa shape index (κ2) is 3.57. The molecule has 1 N–H and O–H groups in total. The van der Waals surface area contributed by atoms with Crippen LogP contribution < -0.4 is 5.32 Å². The Kier molecular flexibility index (Phi) is 2.95. The molecule has 1 rings (SSSR count). The zero-order valence-corrected chi connectivity index (χ0v) is 9.95. The minimum atomic E-state index is -1.80. The summed E-state index contributed by atoms with van der Waals surface area (Å²) in [5.41, 5.74) is -0.174. The molecule has 0 aliphatic carbocycles. The molecule has 3 nitrogen and oxygen atoms in total. The van der Waals surface area contributed by atoms with E-state index in [1.165, 1.54) is 0 Å². The van der Waals surface area contributed by atoms with Crippen LogP contribution in [0.3, 0.4) is 0 Å². The summed E-state index contributed by atoms with van der Waals surface area (Å²) in [4.78, 5) is 11.4. The molecule has 1 amide bonds. The van der Waals surface area contributed by atoms with Crippen molar-refractivity contribution in [3.05, 3.63) is 0 Å². The second-order valence-electron chi connectivity index (χ2n) is 5.17. The van der Waals surface area contributed by atoms with Crippen LogP contribution in [-0.4, -0.2) is 33.0 Å². The Labute approximate surface area is 86.3 Å². The fraction of sp³-hybridized carbons (Fsp3) is 0.800. The van der Waals surface area contributed by atoms with Gasteiger partial charge in [0.25, 0.3) is 0 Å². The molecule has 1 saturated heterocycles. The predicted molar refractivity (Wildman–Crippen MR) is 61.0 cm³/mol. The third kappa shape index (κ3) is 3.70. The first-order chi connectivity index (χ1) is 6.18. The van der Waals surface area contributed by atoms with Crippen molar-refractivity contribution in [3.63, 3.8) is 0 Å². The largest absolute Gasteiger partial charge is 0.351 e. The van der Waals surface area contributed by atoms with Gasteiger partial charge in [-0.15, -0.1) is 0 Å². The van der Waals surface area contributed by atoms with E-state index < -0.39 is 9.52 Å². The number of carbonyl (C=O) groups excluding carboxylic acids is 1. The first kappa shape index (κ1) is 11.6. The normalized spacial score (nSPS) is 32.1. The summed E-state index contributed by atoms with van der Waals surface area (Å²) in [6, 6.07) is 0. The zero-order valence-electron chi connectivity index (χ0n) is 9.13. The van der Waals surface area contributed by atoms with Crippen LogP contribution in [0.4, 0.5) is 0 Å². The molecule has 0 aromatic carbocycles. The van der Waals surface area contributed by atoms with Crippen molar-refractivity contribution < 1.29 is 9.00 Å². The molecule has 4 heteroatoms. The number of carbonyl (C=O) groups is 1.